The minimum Gasteiger partial charge on any atom is -0.465 e. The molecule has 120 valence electrons. The van der Waals surface area contributed by atoms with Crippen LogP contribution < -0.4 is 0 Å². The summed E-state index contributed by atoms with van der Waals surface area (Å²) in [6, 6.07) is 0. The molecule has 0 heterocycles. The summed E-state index contributed by atoms with van der Waals surface area (Å²) >= 11 is 0. The minimum absolute atomic E-state index is 0.0574. The highest BCUT2D eigenvalue weighted by molar-refractivity contribution is 6.04. The van der Waals surface area contributed by atoms with Gasteiger partial charge in [0, 0.05) is 12.8 Å². The lowest BCUT2D eigenvalue weighted by Gasteiger charge is -2.33. The number of hydrogen-bond acceptors (Lipinski definition) is 5. The van der Waals surface area contributed by atoms with Crippen molar-refractivity contribution < 1.29 is 23.9 Å². The van der Waals surface area contributed by atoms with E-state index in [1.54, 1.807) is 27.7 Å². The number of rotatable bonds is 5. The summed E-state index contributed by atoms with van der Waals surface area (Å²) in [5, 5.41) is 0. The third kappa shape index (κ3) is 4.83. The molecular formula is C16H26O5. The van der Waals surface area contributed by atoms with Gasteiger partial charge in [0.2, 0.25) is 0 Å². The van der Waals surface area contributed by atoms with Crippen molar-refractivity contribution >= 4 is 17.7 Å². The molecule has 21 heavy (non-hydrogen) atoms. The third-order valence-corrected chi connectivity index (χ3v) is 3.63. The molecule has 5 nitrogen and oxygen atoms in total. The molecule has 1 rings (SSSR count). The number of carbonyl (C=O) groups is 3. The zero-order valence-electron chi connectivity index (χ0n) is 13.5. The van der Waals surface area contributed by atoms with Gasteiger partial charge in [0.05, 0.1) is 6.61 Å². The van der Waals surface area contributed by atoms with Crippen LogP contribution in [0.5, 0.6) is 0 Å². The molecule has 0 N–H and O–H groups in total. The molecule has 1 aliphatic rings. The Bertz CT molecular complexity index is 407. The number of Topliss-reactive ketones (excluding diaryl/α,β-unsaturated/α-hetero) is 1. The highest BCUT2D eigenvalue weighted by Crippen LogP contribution is 2.39. The molecule has 0 aromatic carbocycles. The van der Waals surface area contributed by atoms with Crippen LogP contribution in [0.2, 0.25) is 0 Å². The molecule has 0 spiro atoms. The van der Waals surface area contributed by atoms with E-state index < -0.39 is 17.0 Å². The van der Waals surface area contributed by atoms with Gasteiger partial charge < -0.3 is 9.47 Å². The maximum Gasteiger partial charge on any atom is 0.319 e. The Morgan fingerprint density at radius 2 is 1.90 bits per heavy atom. The van der Waals surface area contributed by atoms with E-state index in [-0.39, 0.29) is 31.2 Å². The Labute approximate surface area is 126 Å². The fraction of sp³-hybridized carbons (Fsp3) is 0.812. The van der Waals surface area contributed by atoms with Gasteiger partial charge in [-0.05, 0) is 47.0 Å². The van der Waals surface area contributed by atoms with Crippen molar-refractivity contribution in [2.45, 2.75) is 71.8 Å². The first-order chi connectivity index (χ1) is 9.71. The maximum atomic E-state index is 12.3. The topological polar surface area (TPSA) is 69.7 Å². The van der Waals surface area contributed by atoms with Crippen molar-refractivity contribution in [1.82, 2.24) is 0 Å². The zero-order chi connectivity index (χ0) is 16.1. The summed E-state index contributed by atoms with van der Waals surface area (Å²) < 4.78 is 10.3. The van der Waals surface area contributed by atoms with Gasteiger partial charge in [-0.1, -0.05) is 6.42 Å². The van der Waals surface area contributed by atoms with Gasteiger partial charge in [0.25, 0.3) is 0 Å². The predicted octanol–water partition coefficient (Wildman–Crippen LogP) is 2.80. The largest absolute Gasteiger partial charge is 0.465 e. The van der Waals surface area contributed by atoms with Crippen LogP contribution in [0.1, 0.15) is 66.2 Å². The van der Waals surface area contributed by atoms with E-state index in [0.717, 1.165) is 12.8 Å². The van der Waals surface area contributed by atoms with E-state index in [2.05, 4.69) is 0 Å². The van der Waals surface area contributed by atoms with E-state index in [4.69, 9.17) is 9.47 Å². The molecule has 0 aromatic rings. The van der Waals surface area contributed by atoms with Gasteiger partial charge >= 0.3 is 11.9 Å². The van der Waals surface area contributed by atoms with E-state index >= 15 is 0 Å². The highest BCUT2D eigenvalue weighted by Gasteiger charge is 2.47. The Morgan fingerprint density at radius 3 is 2.43 bits per heavy atom. The quantitative estimate of drug-likeness (QED) is 0.576. The van der Waals surface area contributed by atoms with Crippen molar-refractivity contribution in [3.8, 4) is 0 Å². The Kier molecular flexibility index (Phi) is 5.93. The second-order valence-electron chi connectivity index (χ2n) is 6.52. The first-order valence-electron chi connectivity index (χ1n) is 7.63. The van der Waals surface area contributed by atoms with Gasteiger partial charge in [-0.2, -0.15) is 0 Å². The van der Waals surface area contributed by atoms with Gasteiger partial charge in [-0.25, -0.2) is 0 Å². The van der Waals surface area contributed by atoms with Gasteiger partial charge in [0.1, 0.15) is 16.8 Å². The van der Waals surface area contributed by atoms with Crippen LogP contribution in [0.4, 0.5) is 0 Å². The molecule has 0 bridgehead atoms. The van der Waals surface area contributed by atoms with Crippen LogP contribution in [0.15, 0.2) is 0 Å². The van der Waals surface area contributed by atoms with Crippen LogP contribution in [0.3, 0.4) is 0 Å². The summed E-state index contributed by atoms with van der Waals surface area (Å²) in [6.45, 7) is 7.32. The number of ketones is 1. The van der Waals surface area contributed by atoms with Gasteiger partial charge in [-0.3, -0.25) is 14.4 Å². The molecule has 0 amide bonds. The second-order valence-corrected chi connectivity index (χ2v) is 6.52. The maximum absolute atomic E-state index is 12.3. The van der Waals surface area contributed by atoms with E-state index in [9.17, 15) is 14.4 Å². The molecular weight excluding hydrogens is 272 g/mol. The van der Waals surface area contributed by atoms with Crippen LogP contribution in [-0.2, 0) is 23.9 Å². The third-order valence-electron chi connectivity index (χ3n) is 3.63. The molecule has 1 aliphatic carbocycles. The van der Waals surface area contributed by atoms with Crippen molar-refractivity contribution in [1.29, 1.82) is 0 Å². The molecule has 1 saturated carbocycles. The van der Waals surface area contributed by atoms with Gasteiger partial charge in [-0.15, -0.1) is 0 Å². The molecule has 1 unspecified atom stereocenters. The molecule has 5 heteroatoms. The Morgan fingerprint density at radius 1 is 1.24 bits per heavy atom. The first-order valence-corrected chi connectivity index (χ1v) is 7.63. The molecule has 0 aromatic heterocycles. The lowest BCUT2D eigenvalue weighted by molar-refractivity contribution is -0.164. The normalized spacial score (nSPS) is 22.8. The summed E-state index contributed by atoms with van der Waals surface area (Å²) in [5.74, 6) is -0.974. The highest BCUT2D eigenvalue weighted by atomic mass is 16.6. The van der Waals surface area contributed by atoms with Crippen molar-refractivity contribution in [2.24, 2.45) is 5.41 Å². The Balaban J connectivity index is 2.77. The van der Waals surface area contributed by atoms with Crippen molar-refractivity contribution in [2.75, 3.05) is 6.61 Å². The molecule has 0 saturated heterocycles. The second kappa shape index (κ2) is 7.05. The number of hydrogen-bond donors (Lipinski definition) is 0. The average molecular weight is 298 g/mol. The van der Waals surface area contributed by atoms with Crippen LogP contribution in [0.25, 0.3) is 0 Å². The lowest BCUT2D eigenvalue weighted by Crippen LogP contribution is -2.43. The van der Waals surface area contributed by atoms with E-state index in [1.165, 1.54) is 0 Å². The number of carbonyl (C=O) groups excluding carboxylic acids is 3. The summed E-state index contributed by atoms with van der Waals surface area (Å²) in [6.07, 6.45) is 2.69. The minimum atomic E-state index is -1.15. The Hall–Kier alpha value is -1.39. The van der Waals surface area contributed by atoms with Gasteiger partial charge in [0.15, 0.2) is 0 Å². The monoisotopic (exact) mass is 298 g/mol. The first kappa shape index (κ1) is 17.7. The zero-order valence-corrected chi connectivity index (χ0v) is 13.5. The van der Waals surface area contributed by atoms with Crippen LogP contribution in [-0.4, -0.2) is 29.9 Å². The van der Waals surface area contributed by atoms with Crippen molar-refractivity contribution in [3.63, 3.8) is 0 Å². The lowest BCUT2D eigenvalue weighted by atomic mass is 9.70. The van der Waals surface area contributed by atoms with E-state index in [0.29, 0.717) is 12.8 Å². The summed E-state index contributed by atoms with van der Waals surface area (Å²) in [4.78, 5) is 36.4. The molecule has 0 radical (unpaired) electrons. The average Bonchev–Trinajstić information content (AvgIpc) is 2.36. The fourth-order valence-corrected chi connectivity index (χ4v) is 2.65. The standard InChI is InChI=1S/C16H26O5/c1-5-20-14(19)16(10-7-6-8-12(16)17)11-9-13(18)21-15(2,3)4/h5-11H2,1-4H3. The number of ether oxygens (including phenoxy) is 2. The summed E-state index contributed by atoms with van der Waals surface area (Å²) in [5.41, 5.74) is -1.71. The smallest absolute Gasteiger partial charge is 0.319 e. The SMILES string of the molecule is CCOC(=O)C1(CCC(=O)OC(C)(C)C)CCCCC1=O. The molecule has 0 aliphatic heterocycles. The molecule has 1 atom stereocenters. The van der Waals surface area contributed by atoms with E-state index in [1.807, 2.05) is 0 Å². The fourth-order valence-electron chi connectivity index (χ4n) is 2.65. The van der Waals surface area contributed by atoms with Crippen LogP contribution >= 0.6 is 0 Å². The summed E-state index contributed by atoms with van der Waals surface area (Å²) in [7, 11) is 0. The van der Waals surface area contributed by atoms with Crippen LogP contribution in [0, 0.1) is 5.41 Å². The predicted molar refractivity (Wildman–Crippen MR) is 77.6 cm³/mol. The molecule has 1 fully saturated rings. The number of esters is 2. The van der Waals surface area contributed by atoms with Crippen molar-refractivity contribution in [3.05, 3.63) is 0 Å².